The summed E-state index contributed by atoms with van der Waals surface area (Å²) in [5.74, 6) is 0.467. The van der Waals surface area contributed by atoms with Gasteiger partial charge in [0, 0.05) is 12.3 Å². The Hall–Kier alpha value is -3.15. The molecule has 1 aliphatic rings. The summed E-state index contributed by atoms with van der Waals surface area (Å²) in [6.07, 6.45) is 11.2. The number of hydrogen-bond acceptors (Lipinski definition) is 4. The summed E-state index contributed by atoms with van der Waals surface area (Å²) < 4.78 is 7.28. The van der Waals surface area contributed by atoms with Crippen LogP contribution in [0.15, 0.2) is 59.4 Å². The van der Waals surface area contributed by atoms with E-state index in [0.29, 0.717) is 18.3 Å². The Morgan fingerprint density at radius 1 is 1.26 bits per heavy atom. The zero-order valence-electron chi connectivity index (χ0n) is 15.0. The van der Waals surface area contributed by atoms with Crippen molar-refractivity contribution in [2.45, 2.75) is 38.3 Å². The molecule has 0 bridgehead atoms. The number of amides is 1. The summed E-state index contributed by atoms with van der Waals surface area (Å²) in [6, 6.07) is 11.9. The van der Waals surface area contributed by atoms with Crippen molar-refractivity contribution in [1.29, 1.82) is 0 Å². The normalized spacial score (nSPS) is 14.8. The van der Waals surface area contributed by atoms with Crippen LogP contribution in [0, 0.1) is 0 Å². The van der Waals surface area contributed by atoms with Gasteiger partial charge in [-0.25, -0.2) is 0 Å². The van der Waals surface area contributed by atoms with E-state index in [0.717, 1.165) is 29.9 Å². The van der Waals surface area contributed by atoms with E-state index in [1.807, 2.05) is 24.3 Å². The van der Waals surface area contributed by atoms with Gasteiger partial charge >= 0.3 is 0 Å². The molecule has 3 heterocycles. The maximum atomic E-state index is 12.0. The second-order valence-corrected chi connectivity index (χ2v) is 6.69. The highest BCUT2D eigenvalue weighted by Gasteiger charge is 2.22. The highest BCUT2D eigenvalue weighted by molar-refractivity contribution is 5.91. The number of nitrogens with zero attached hydrogens (tertiary/aromatic N) is 3. The lowest BCUT2D eigenvalue weighted by molar-refractivity contribution is -0.116. The molecule has 1 fully saturated rings. The maximum Gasteiger partial charge on any atom is 0.244 e. The first-order chi connectivity index (χ1) is 13.3. The van der Waals surface area contributed by atoms with E-state index in [4.69, 9.17) is 9.52 Å². The average molecular weight is 362 g/mol. The zero-order valence-corrected chi connectivity index (χ0v) is 15.0. The standard InChI is InChI=1S/C21H22N4O2/c26-21(11-10-18-8-5-13-27-18)23-15-16-14-20(19-9-3-4-12-22-19)25(24-16)17-6-1-2-7-17/h3-5,8-14,17H,1-2,6-7,15H2,(H,23,26)/b11-10+. The predicted octanol–water partition coefficient (Wildman–Crippen LogP) is 3.98. The van der Waals surface area contributed by atoms with Crippen LogP contribution < -0.4 is 5.32 Å². The lowest BCUT2D eigenvalue weighted by Gasteiger charge is -2.13. The molecule has 27 heavy (non-hydrogen) atoms. The largest absolute Gasteiger partial charge is 0.465 e. The summed E-state index contributed by atoms with van der Waals surface area (Å²) in [7, 11) is 0. The fourth-order valence-electron chi connectivity index (χ4n) is 3.44. The minimum absolute atomic E-state index is 0.179. The molecule has 4 rings (SSSR count). The Morgan fingerprint density at radius 3 is 2.89 bits per heavy atom. The number of pyridine rings is 1. The van der Waals surface area contributed by atoms with E-state index in [1.165, 1.54) is 18.9 Å². The summed E-state index contributed by atoms with van der Waals surface area (Å²) in [4.78, 5) is 16.5. The summed E-state index contributed by atoms with van der Waals surface area (Å²) in [6.45, 7) is 0.376. The molecule has 0 unspecified atom stereocenters. The molecule has 6 heteroatoms. The van der Waals surface area contributed by atoms with Crippen LogP contribution in [0.4, 0.5) is 0 Å². The molecule has 1 N–H and O–H groups in total. The van der Waals surface area contributed by atoms with Crippen molar-refractivity contribution in [3.63, 3.8) is 0 Å². The van der Waals surface area contributed by atoms with Crippen LogP contribution in [0.1, 0.15) is 43.2 Å². The van der Waals surface area contributed by atoms with Gasteiger partial charge in [-0.2, -0.15) is 5.10 Å². The zero-order chi connectivity index (χ0) is 18.5. The Kier molecular flexibility index (Phi) is 5.14. The molecule has 3 aromatic rings. The van der Waals surface area contributed by atoms with Crippen molar-refractivity contribution in [3.8, 4) is 11.4 Å². The van der Waals surface area contributed by atoms with Gasteiger partial charge in [-0.15, -0.1) is 0 Å². The molecule has 0 atom stereocenters. The quantitative estimate of drug-likeness (QED) is 0.673. The third-order valence-electron chi connectivity index (χ3n) is 4.77. The molecule has 138 valence electrons. The number of furan rings is 1. The first-order valence-electron chi connectivity index (χ1n) is 9.29. The van der Waals surface area contributed by atoms with Crippen molar-refractivity contribution in [2.24, 2.45) is 0 Å². The molecule has 0 saturated heterocycles. The van der Waals surface area contributed by atoms with Crippen LogP contribution in [-0.4, -0.2) is 20.7 Å². The van der Waals surface area contributed by atoms with Crippen LogP contribution in [0.3, 0.4) is 0 Å². The van der Waals surface area contributed by atoms with Crippen LogP contribution >= 0.6 is 0 Å². The number of hydrogen-bond donors (Lipinski definition) is 1. The predicted molar refractivity (Wildman–Crippen MR) is 103 cm³/mol. The third kappa shape index (κ3) is 4.16. The molecule has 0 aromatic carbocycles. The van der Waals surface area contributed by atoms with Crippen molar-refractivity contribution in [1.82, 2.24) is 20.1 Å². The van der Waals surface area contributed by atoms with Crippen LogP contribution in [0.5, 0.6) is 0 Å². The van der Waals surface area contributed by atoms with Gasteiger partial charge in [-0.3, -0.25) is 14.5 Å². The van der Waals surface area contributed by atoms with E-state index in [-0.39, 0.29) is 5.91 Å². The molecule has 1 saturated carbocycles. The van der Waals surface area contributed by atoms with Crippen LogP contribution in [0.25, 0.3) is 17.5 Å². The molecule has 3 aromatic heterocycles. The lowest BCUT2D eigenvalue weighted by Crippen LogP contribution is -2.20. The van der Waals surface area contributed by atoms with Gasteiger partial charge < -0.3 is 9.73 Å². The van der Waals surface area contributed by atoms with Crippen molar-refractivity contribution >= 4 is 12.0 Å². The summed E-state index contributed by atoms with van der Waals surface area (Å²) in [5, 5.41) is 7.65. The molecule has 6 nitrogen and oxygen atoms in total. The lowest BCUT2D eigenvalue weighted by atomic mass is 10.2. The van der Waals surface area contributed by atoms with E-state index < -0.39 is 0 Å². The third-order valence-corrected chi connectivity index (χ3v) is 4.77. The van der Waals surface area contributed by atoms with Crippen molar-refractivity contribution in [2.75, 3.05) is 0 Å². The molecular weight excluding hydrogens is 340 g/mol. The topological polar surface area (TPSA) is 73.0 Å². The second kappa shape index (κ2) is 8.03. The monoisotopic (exact) mass is 362 g/mol. The first kappa shape index (κ1) is 17.3. The smallest absolute Gasteiger partial charge is 0.244 e. The fraction of sp³-hybridized carbons (Fsp3) is 0.286. The van der Waals surface area contributed by atoms with Crippen LogP contribution in [0.2, 0.25) is 0 Å². The Labute approximate surface area is 157 Å². The molecule has 0 radical (unpaired) electrons. The van der Waals surface area contributed by atoms with Gasteiger partial charge in [0.25, 0.3) is 0 Å². The Balaban J connectivity index is 1.48. The van der Waals surface area contributed by atoms with E-state index >= 15 is 0 Å². The van der Waals surface area contributed by atoms with Gasteiger partial charge in [0.05, 0.1) is 35.9 Å². The number of rotatable bonds is 6. The molecule has 0 spiro atoms. The number of aromatic nitrogens is 3. The average Bonchev–Trinajstić information content (AvgIpc) is 3.47. The SMILES string of the molecule is O=C(/C=C/c1ccco1)NCc1cc(-c2ccccn2)n(C2CCCC2)n1. The molecule has 1 amide bonds. The molecule has 1 aliphatic carbocycles. The van der Waals surface area contributed by atoms with Gasteiger partial charge in [0.15, 0.2) is 0 Å². The van der Waals surface area contributed by atoms with Gasteiger partial charge in [-0.1, -0.05) is 18.9 Å². The van der Waals surface area contributed by atoms with Crippen LogP contribution in [-0.2, 0) is 11.3 Å². The molecular formula is C21H22N4O2. The highest BCUT2D eigenvalue weighted by Crippen LogP contribution is 2.33. The van der Waals surface area contributed by atoms with E-state index in [1.54, 1.807) is 30.7 Å². The van der Waals surface area contributed by atoms with E-state index in [2.05, 4.69) is 15.0 Å². The Bertz CT molecular complexity index is 907. The minimum atomic E-state index is -0.179. The number of carbonyl (C=O) groups excluding carboxylic acids is 1. The van der Waals surface area contributed by atoms with Gasteiger partial charge in [0.1, 0.15) is 5.76 Å². The summed E-state index contributed by atoms with van der Waals surface area (Å²) >= 11 is 0. The highest BCUT2D eigenvalue weighted by atomic mass is 16.3. The second-order valence-electron chi connectivity index (χ2n) is 6.69. The number of nitrogens with one attached hydrogen (secondary N) is 1. The number of carbonyl (C=O) groups is 1. The van der Waals surface area contributed by atoms with Crippen molar-refractivity contribution < 1.29 is 9.21 Å². The van der Waals surface area contributed by atoms with Gasteiger partial charge in [-0.05, 0) is 49.2 Å². The minimum Gasteiger partial charge on any atom is -0.465 e. The Morgan fingerprint density at radius 2 is 2.15 bits per heavy atom. The van der Waals surface area contributed by atoms with Crippen molar-refractivity contribution in [3.05, 3.63) is 66.4 Å². The maximum absolute atomic E-state index is 12.0. The van der Waals surface area contributed by atoms with Gasteiger partial charge in [0.2, 0.25) is 5.91 Å². The fourth-order valence-corrected chi connectivity index (χ4v) is 3.44. The first-order valence-corrected chi connectivity index (χ1v) is 9.29. The van der Waals surface area contributed by atoms with E-state index in [9.17, 15) is 4.79 Å². The molecule has 0 aliphatic heterocycles. The summed E-state index contributed by atoms with van der Waals surface area (Å²) in [5.41, 5.74) is 2.76.